The zero-order valence-corrected chi connectivity index (χ0v) is 34.8. The second-order valence-electron chi connectivity index (χ2n) is 16.3. The average molecular weight is 805 g/mol. The van der Waals surface area contributed by atoms with Gasteiger partial charge in [-0.25, -0.2) is 4.99 Å². The minimum atomic E-state index is -0.570. The van der Waals surface area contributed by atoms with Crippen LogP contribution >= 0.6 is 0 Å². The van der Waals surface area contributed by atoms with Gasteiger partial charge in [-0.15, -0.1) is 0 Å². The number of nitrogens with zero attached hydrogens (tertiary/aromatic N) is 1. The predicted molar refractivity (Wildman–Crippen MR) is 265 cm³/mol. The van der Waals surface area contributed by atoms with Crippen molar-refractivity contribution in [2.24, 2.45) is 10.7 Å². The first-order valence-electron chi connectivity index (χ1n) is 21.7. The highest BCUT2D eigenvalue weighted by atomic mass is 14.9. The maximum Gasteiger partial charge on any atom is 0.131 e. The van der Waals surface area contributed by atoms with Crippen molar-refractivity contribution < 1.29 is 0 Å². The molecule has 10 aromatic rings. The fourth-order valence-corrected chi connectivity index (χ4v) is 10.0. The van der Waals surface area contributed by atoms with E-state index in [-0.39, 0.29) is 0 Å². The van der Waals surface area contributed by atoms with Crippen molar-refractivity contribution in [3.05, 3.63) is 282 Å². The quantitative estimate of drug-likeness (QED) is 0.115. The van der Waals surface area contributed by atoms with Gasteiger partial charge in [-0.2, -0.15) is 0 Å². The van der Waals surface area contributed by atoms with Crippen LogP contribution in [0.2, 0.25) is 0 Å². The summed E-state index contributed by atoms with van der Waals surface area (Å²) >= 11 is 0. The van der Waals surface area contributed by atoms with Crippen molar-refractivity contribution in [1.29, 1.82) is 0 Å². The van der Waals surface area contributed by atoms with Crippen LogP contribution in [0.3, 0.4) is 0 Å². The average Bonchev–Trinajstić information content (AvgIpc) is 3.68. The van der Waals surface area contributed by atoms with Crippen LogP contribution in [0.25, 0.3) is 60.6 Å². The Morgan fingerprint density at radius 2 is 0.968 bits per heavy atom. The SMILES string of the molecule is NC(=N/C(=C\Cc1ccccc1)c1ccc(-c2cccc(-c3cccc4c3C(c3ccccc3)(c3ccccc3)c3c-4ccc4ccccc34)c2)c2ccccc12)c1ccccc1. The number of hydrogen-bond acceptors (Lipinski definition) is 1. The van der Waals surface area contributed by atoms with Crippen LogP contribution < -0.4 is 5.73 Å². The zero-order valence-electron chi connectivity index (χ0n) is 34.8. The molecule has 11 rings (SSSR count). The maximum absolute atomic E-state index is 6.74. The molecule has 63 heavy (non-hydrogen) atoms. The van der Waals surface area contributed by atoms with Crippen LogP contribution in [-0.4, -0.2) is 5.84 Å². The van der Waals surface area contributed by atoms with Gasteiger partial charge in [-0.1, -0.05) is 237 Å². The minimum Gasteiger partial charge on any atom is -0.383 e. The summed E-state index contributed by atoms with van der Waals surface area (Å²) in [5.74, 6) is 0.489. The van der Waals surface area contributed by atoms with Gasteiger partial charge in [0.2, 0.25) is 0 Å². The molecule has 0 saturated heterocycles. The first-order chi connectivity index (χ1) is 31.2. The van der Waals surface area contributed by atoms with E-state index in [1.54, 1.807) is 0 Å². The molecule has 2 heteroatoms. The summed E-state index contributed by atoms with van der Waals surface area (Å²) in [6, 6.07) is 85.5. The largest absolute Gasteiger partial charge is 0.383 e. The Bertz CT molecular complexity index is 3310. The highest BCUT2D eigenvalue weighted by Gasteiger charge is 2.48. The standard InChI is InChI=1S/C61H44N2/c62-60(44-22-7-2-8-23-44)63-57(40-35-42-19-5-1-6-20-42)54-39-38-49(52-31-15-16-32-53(52)54)45-24-17-25-46(41-45)51-33-18-34-55-56-37-36-43-21-13-14-30-50(43)58(56)61(59(51)55,47-26-9-3-10-27-47)48-28-11-4-12-29-48/h1-34,36-41H,35H2,(H2,62,63)/b57-40-. The van der Waals surface area contributed by atoms with E-state index >= 15 is 0 Å². The van der Waals surface area contributed by atoms with Crippen molar-refractivity contribution in [1.82, 2.24) is 0 Å². The number of benzene rings is 10. The lowest BCUT2D eigenvalue weighted by Gasteiger charge is -2.36. The number of fused-ring (bicyclic) bond motifs is 6. The lowest BCUT2D eigenvalue weighted by atomic mass is 9.65. The third kappa shape index (κ3) is 6.56. The molecule has 2 nitrogen and oxygen atoms in total. The van der Waals surface area contributed by atoms with Crippen LogP contribution in [0, 0.1) is 0 Å². The van der Waals surface area contributed by atoms with Crippen LogP contribution in [0.4, 0.5) is 0 Å². The summed E-state index contributed by atoms with van der Waals surface area (Å²) < 4.78 is 0. The fourth-order valence-electron chi connectivity index (χ4n) is 10.0. The summed E-state index contributed by atoms with van der Waals surface area (Å²) in [6.07, 6.45) is 2.94. The first kappa shape index (κ1) is 37.9. The van der Waals surface area contributed by atoms with Crippen molar-refractivity contribution >= 4 is 33.1 Å². The molecule has 1 aliphatic carbocycles. The predicted octanol–water partition coefficient (Wildman–Crippen LogP) is 14.7. The molecule has 0 amide bonds. The van der Waals surface area contributed by atoms with Crippen molar-refractivity contribution in [2.75, 3.05) is 0 Å². The number of hydrogen-bond donors (Lipinski definition) is 1. The van der Waals surface area contributed by atoms with Crippen LogP contribution in [0.1, 0.15) is 38.9 Å². The Morgan fingerprint density at radius 3 is 1.68 bits per heavy atom. The number of aliphatic imine (C=N–C) groups is 1. The van der Waals surface area contributed by atoms with Gasteiger partial charge in [0.25, 0.3) is 0 Å². The molecule has 0 spiro atoms. The number of nitrogens with two attached hydrogens (primary N) is 1. The minimum absolute atomic E-state index is 0.489. The molecule has 0 heterocycles. The van der Waals surface area contributed by atoms with E-state index in [1.165, 1.54) is 60.8 Å². The first-order valence-corrected chi connectivity index (χ1v) is 21.7. The van der Waals surface area contributed by atoms with Crippen molar-refractivity contribution in [2.45, 2.75) is 11.8 Å². The molecule has 0 aliphatic heterocycles. The summed E-state index contributed by atoms with van der Waals surface area (Å²) in [5.41, 5.74) is 22.6. The number of rotatable bonds is 9. The van der Waals surface area contributed by atoms with Gasteiger partial charge in [-0.3, -0.25) is 0 Å². The van der Waals surface area contributed by atoms with E-state index in [0.717, 1.165) is 45.1 Å². The lowest BCUT2D eigenvalue weighted by molar-refractivity contribution is 0.777. The third-order valence-corrected chi connectivity index (χ3v) is 12.8. The zero-order chi connectivity index (χ0) is 42.2. The molecule has 1 aliphatic rings. The Balaban J connectivity index is 1.10. The monoisotopic (exact) mass is 804 g/mol. The van der Waals surface area contributed by atoms with Crippen LogP contribution in [-0.2, 0) is 11.8 Å². The Kier molecular flexibility index (Phi) is 9.67. The molecule has 0 fully saturated rings. The van der Waals surface area contributed by atoms with Gasteiger partial charge in [0.05, 0.1) is 11.1 Å². The highest BCUT2D eigenvalue weighted by Crippen LogP contribution is 2.60. The molecule has 0 saturated carbocycles. The smallest absolute Gasteiger partial charge is 0.131 e. The molecule has 2 N–H and O–H groups in total. The molecular weight excluding hydrogens is 761 g/mol. The van der Waals surface area contributed by atoms with Gasteiger partial charge in [0, 0.05) is 11.1 Å². The van der Waals surface area contributed by atoms with E-state index in [2.05, 4.69) is 212 Å². The Morgan fingerprint density at radius 1 is 0.429 bits per heavy atom. The molecule has 0 unspecified atom stereocenters. The van der Waals surface area contributed by atoms with Gasteiger partial charge in [-0.05, 0) is 95.2 Å². The van der Waals surface area contributed by atoms with Gasteiger partial charge in [0.1, 0.15) is 5.84 Å². The molecular formula is C61H44N2. The summed E-state index contributed by atoms with van der Waals surface area (Å²) in [7, 11) is 0. The van der Waals surface area contributed by atoms with Crippen LogP contribution in [0.15, 0.2) is 248 Å². The van der Waals surface area contributed by atoms with E-state index in [0.29, 0.717) is 5.84 Å². The summed E-state index contributed by atoms with van der Waals surface area (Å²) in [5, 5.41) is 4.80. The van der Waals surface area contributed by atoms with E-state index < -0.39 is 5.41 Å². The van der Waals surface area contributed by atoms with E-state index in [1.807, 2.05) is 30.3 Å². The molecule has 298 valence electrons. The number of allylic oxidation sites excluding steroid dienone is 1. The fraction of sp³-hybridized carbons (Fsp3) is 0.0328. The summed E-state index contributed by atoms with van der Waals surface area (Å²) in [4.78, 5) is 5.13. The van der Waals surface area contributed by atoms with Crippen molar-refractivity contribution in [3.8, 4) is 33.4 Å². The highest BCUT2D eigenvalue weighted by molar-refractivity contribution is 6.07. The van der Waals surface area contributed by atoms with E-state index in [9.17, 15) is 0 Å². The van der Waals surface area contributed by atoms with E-state index in [4.69, 9.17) is 10.7 Å². The number of amidine groups is 1. The van der Waals surface area contributed by atoms with Crippen LogP contribution in [0.5, 0.6) is 0 Å². The molecule has 10 aromatic carbocycles. The molecule has 0 radical (unpaired) electrons. The third-order valence-electron chi connectivity index (χ3n) is 12.8. The summed E-state index contributed by atoms with van der Waals surface area (Å²) in [6.45, 7) is 0. The normalized spacial score (nSPS) is 13.2. The maximum atomic E-state index is 6.74. The lowest BCUT2D eigenvalue weighted by Crippen LogP contribution is -2.29. The topological polar surface area (TPSA) is 38.4 Å². The van der Waals surface area contributed by atoms with Gasteiger partial charge < -0.3 is 5.73 Å². The van der Waals surface area contributed by atoms with Crippen molar-refractivity contribution in [3.63, 3.8) is 0 Å². The Hall–Kier alpha value is -8.07. The Labute approximate surface area is 369 Å². The molecule has 0 bridgehead atoms. The van der Waals surface area contributed by atoms with Gasteiger partial charge in [0.15, 0.2) is 0 Å². The second kappa shape index (κ2) is 16.1. The molecule has 0 atom stereocenters. The van der Waals surface area contributed by atoms with Gasteiger partial charge >= 0.3 is 0 Å². The second-order valence-corrected chi connectivity index (χ2v) is 16.3. The molecule has 0 aromatic heterocycles.